The Morgan fingerprint density at radius 2 is 1.97 bits per heavy atom. The van der Waals surface area contributed by atoms with Crippen LogP contribution in [0.4, 0.5) is 21.8 Å². The van der Waals surface area contributed by atoms with Crippen molar-refractivity contribution in [2.45, 2.75) is 31.3 Å². The highest BCUT2D eigenvalue weighted by Crippen LogP contribution is 2.32. The van der Waals surface area contributed by atoms with Gasteiger partial charge in [-0.05, 0) is 56.2 Å². The zero-order valence-electron chi connectivity index (χ0n) is 17.7. The van der Waals surface area contributed by atoms with Crippen molar-refractivity contribution in [2.24, 2.45) is 0 Å². The summed E-state index contributed by atoms with van der Waals surface area (Å²) in [6.07, 6.45) is 2.01. The minimum Gasteiger partial charge on any atom is -0.488 e. The third-order valence-electron chi connectivity index (χ3n) is 4.73. The molecule has 0 unspecified atom stereocenters. The number of ether oxygens (including phenoxy) is 1. The smallest absolute Gasteiger partial charge is 0.240 e. The van der Waals surface area contributed by atoms with Crippen molar-refractivity contribution in [2.75, 3.05) is 23.7 Å². The molecule has 4 rings (SSSR count). The molecule has 0 fully saturated rings. The summed E-state index contributed by atoms with van der Waals surface area (Å²) in [5, 5.41) is 6.29. The lowest BCUT2D eigenvalue weighted by molar-refractivity contribution is 0.231. The van der Waals surface area contributed by atoms with Gasteiger partial charge in [-0.2, -0.15) is 4.98 Å². The molecule has 1 aromatic heterocycles. The molecule has 1 aliphatic heterocycles. The number of nitrogens with zero attached hydrogens (tertiary/aromatic N) is 2. The number of nitrogens with one attached hydrogen (secondary N) is 3. The maximum atomic E-state index is 14.2. The van der Waals surface area contributed by atoms with Gasteiger partial charge in [0.15, 0.2) is 11.6 Å². The van der Waals surface area contributed by atoms with Crippen LogP contribution in [0.15, 0.2) is 53.6 Å². The van der Waals surface area contributed by atoms with Crippen LogP contribution in [-0.2, 0) is 10.0 Å². The van der Waals surface area contributed by atoms with Crippen molar-refractivity contribution < 1.29 is 17.5 Å². The molecule has 0 radical (unpaired) electrons. The normalized spacial score (nSPS) is 15.5. The first kappa shape index (κ1) is 22.0. The monoisotopic (exact) mass is 457 g/mol. The Bertz CT molecular complexity index is 1230. The number of aromatic nitrogens is 2. The van der Waals surface area contributed by atoms with Crippen LogP contribution >= 0.6 is 0 Å². The van der Waals surface area contributed by atoms with Crippen LogP contribution in [0.3, 0.4) is 0 Å². The van der Waals surface area contributed by atoms with Crippen LogP contribution in [0, 0.1) is 5.82 Å². The average Bonchev–Trinajstić information content (AvgIpc) is 2.75. The Balaban J connectivity index is 1.73. The molecule has 2 heterocycles. The Kier molecular flexibility index (Phi) is 6.24. The molecule has 0 spiro atoms. The van der Waals surface area contributed by atoms with Gasteiger partial charge in [0.2, 0.25) is 16.0 Å². The van der Waals surface area contributed by atoms with Crippen molar-refractivity contribution in [3.8, 4) is 16.9 Å². The second-order valence-electron chi connectivity index (χ2n) is 7.60. The van der Waals surface area contributed by atoms with E-state index in [-0.39, 0.29) is 23.3 Å². The van der Waals surface area contributed by atoms with Crippen LogP contribution in [0.5, 0.6) is 5.75 Å². The van der Waals surface area contributed by atoms with Gasteiger partial charge in [0.25, 0.3) is 0 Å². The summed E-state index contributed by atoms with van der Waals surface area (Å²) in [6.45, 7) is 4.40. The van der Waals surface area contributed by atoms with E-state index in [0.29, 0.717) is 41.5 Å². The number of halogens is 1. The number of rotatable bonds is 3. The summed E-state index contributed by atoms with van der Waals surface area (Å²) in [5.41, 5.74) is 1.91. The van der Waals surface area contributed by atoms with Gasteiger partial charge in [0, 0.05) is 30.5 Å². The second-order valence-corrected chi connectivity index (χ2v) is 9.37. The van der Waals surface area contributed by atoms with E-state index in [0.717, 1.165) is 0 Å². The minimum atomic E-state index is -3.61. The number of anilines is 3. The lowest BCUT2D eigenvalue weighted by Crippen LogP contribution is -2.26. The zero-order chi connectivity index (χ0) is 22.7. The van der Waals surface area contributed by atoms with E-state index in [2.05, 4.69) is 25.3 Å². The number of hydrogen-bond donors (Lipinski definition) is 3. The van der Waals surface area contributed by atoms with Gasteiger partial charge in [-0.3, -0.25) is 0 Å². The maximum Gasteiger partial charge on any atom is 0.240 e. The van der Waals surface area contributed by atoms with Crippen molar-refractivity contribution in [3.63, 3.8) is 0 Å². The molecule has 10 heteroatoms. The molecule has 4 bridgehead atoms. The summed E-state index contributed by atoms with van der Waals surface area (Å²) < 4.78 is 47.3. The molecule has 168 valence electrons. The predicted octanol–water partition coefficient (Wildman–Crippen LogP) is 3.91. The summed E-state index contributed by atoms with van der Waals surface area (Å²) in [7, 11) is -3.61. The molecule has 0 atom stereocenters. The molecule has 3 N–H and O–H groups in total. The van der Waals surface area contributed by atoms with Gasteiger partial charge < -0.3 is 15.4 Å². The van der Waals surface area contributed by atoms with Crippen molar-refractivity contribution in [1.29, 1.82) is 0 Å². The van der Waals surface area contributed by atoms with Crippen molar-refractivity contribution >= 4 is 27.5 Å². The highest BCUT2D eigenvalue weighted by molar-refractivity contribution is 7.89. The topological polar surface area (TPSA) is 105 Å². The molecule has 0 saturated carbocycles. The van der Waals surface area contributed by atoms with Gasteiger partial charge in [0.05, 0.1) is 11.0 Å². The molecule has 2 aromatic carbocycles. The first-order chi connectivity index (χ1) is 15.3. The summed E-state index contributed by atoms with van der Waals surface area (Å²) in [5.74, 6) is 0.561. The molecular formula is C22H24FN5O3S. The van der Waals surface area contributed by atoms with Gasteiger partial charge in [-0.1, -0.05) is 12.1 Å². The van der Waals surface area contributed by atoms with Crippen LogP contribution in [-0.4, -0.2) is 37.6 Å². The largest absolute Gasteiger partial charge is 0.488 e. The Hall–Kier alpha value is -3.24. The number of hydrogen-bond acceptors (Lipinski definition) is 7. The number of benzene rings is 2. The van der Waals surface area contributed by atoms with E-state index in [1.807, 2.05) is 13.8 Å². The summed E-state index contributed by atoms with van der Waals surface area (Å²) in [4.78, 5) is 9.12. The van der Waals surface area contributed by atoms with Crippen molar-refractivity contribution in [1.82, 2.24) is 14.7 Å². The van der Waals surface area contributed by atoms with Crippen LogP contribution < -0.4 is 20.1 Å². The van der Waals surface area contributed by atoms with E-state index in [1.165, 1.54) is 18.2 Å². The molecular weight excluding hydrogens is 433 g/mol. The van der Waals surface area contributed by atoms with E-state index < -0.39 is 15.8 Å². The highest BCUT2D eigenvalue weighted by atomic mass is 32.2. The lowest BCUT2D eigenvalue weighted by atomic mass is 10.1. The fourth-order valence-corrected chi connectivity index (χ4v) is 4.38. The first-order valence-electron chi connectivity index (χ1n) is 10.3. The third kappa shape index (κ3) is 4.97. The van der Waals surface area contributed by atoms with Crippen LogP contribution in [0.1, 0.15) is 20.3 Å². The Labute approximate surface area is 186 Å². The van der Waals surface area contributed by atoms with Gasteiger partial charge >= 0.3 is 0 Å². The van der Waals surface area contributed by atoms with Gasteiger partial charge in [0.1, 0.15) is 5.82 Å². The fourth-order valence-electron chi connectivity index (χ4n) is 3.26. The van der Waals surface area contributed by atoms with E-state index in [4.69, 9.17) is 4.74 Å². The molecule has 1 aliphatic rings. The Morgan fingerprint density at radius 3 is 2.78 bits per heavy atom. The fraction of sp³-hybridized carbons (Fsp3) is 0.273. The molecule has 0 aliphatic carbocycles. The van der Waals surface area contributed by atoms with E-state index in [1.54, 1.807) is 30.5 Å². The minimum absolute atomic E-state index is 0.155. The quantitative estimate of drug-likeness (QED) is 0.548. The number of sulfonamides is 1. The zero-order valence-corrected chi connectivity index (χ0v) is 18.5. The number of fused-ring (bicyclic) bond motifs is 4. The summed E-state index contributed by atoms with van der Waals surface area (Å²) >= 11 is 0. The molecule has 32 heavy (non-hydrogen) atoms. The molecule has 0 amide bonds. The average molecular weight is 458 g/mol. The maximum absolute atomic E-state index is 14.2. The molecule has 3 aromatic rings. The van der Waals surface area contributed by atoms with Gasteiger partial charge in [-0.25, -0.2) is 22.5 Å². The Morgan fingerprint density at radius 1 is 1.12 bits per heavy atom. The van der Waals surface area contributed by atoms with Crippen LogP contribution in [0.25, 0.3) is 11.1 Å². The first-order valence-corrected chi connectivity index (χ1v) is 11.7. The standard InChI is InChI=1S/C22H24FN5O3S/c1-14(2)31-20-11-15(7-8-19(20)23)18-13-25-22-27-16-5-3-6-17(12-16)32(29,30)26-10-4-9-24-21(18)28-22/h3,5-8,11-14,26H,4,9-10H2,1-2H3,(H2,24,25,27,28). The second kappa shape index (κ2) is 9.09. The van der Waals surface area contributed by atoms with E-state index in [9.17, 15) is 12.8 Å². The van der Waals surface area contributed by atoms with Gasteiger partial charge in [-0.15, -0.1) is 0 Å². The molecule has 8 nitrogen and oxygen atoms in total. The van der Waals surface area contributed by atoms with E-state index >= 15 is 0 Å². The summed E-state index contributed by atoms with van der Waals surface area (Å²) in [6, 6.07) is 11.1. The van der Waals surface area contributed by atoms with Crippen LogP contribution in [0.2, 0.25) is 0 Å². The SMILES string of the molecule is CC(C)Oc1cc(-c2cnc3nc2NCCCNS(=O)(=O)c2cccc(c2)N3)ccc1F. The van der Waals surface area contributed by atoms with Crippen molar-refractivity contribution in [3.05, 3.63) is 54.5 Å². The highest BCUT2D eigenvalue weighted by Gasteiger charge is 2.17. The predicted molar refractivity (Wildman–Crippen MR) is 121 cm³/mol. The lowest BCUT2D eigenvalue weighted by Gasteiger charge is -2.15. The third-order valence-corrected chi connectivity index (χ3v) is 6.19. The molecule has 0 saturated heterocycles.